The molecule has 174 valence electrons. The zero-order valence-corrected chi connectivity index (χ0v) is 18.6. The van der Waals surface area contributed by atoms with Gasteiger partial charge in [-0.2, -0.15) is 18.3 Å². The van der Waals surface area contributed by atoms with Gasteiger partial charge in [0.25, 0.3) is 5.91 Å². The third-order valence-corrected chi connectivity index (χ3v) is 6.11. The second-order valence-corrected chi connectivity index (χ2v) is 8.43. The van der Waals surface area contributed by atoms with Gasteiger partial charge in [0.1, 0.15) is 5.69 Å². The van der Waals surface area contributed by atoms with Gasteiger partial charge in [0.2, 0.25) is 0 Å². The molecule has 4 rings (SSSR count). The summed E-state index contributed by atoms with van der Waals surface area (Å²) >= 11 is 5.94. The number of hydrogen-bond donors (Lipinski definition) is 2. The standard InChI is InChI=1S/C23H23ClF3N5O/c1-32-13-16(12-30-32)14-5-4-6-15(11-14)20(18-7-2-3-9-28-18)31-22(33)21-19(24)17(8-10-29-21)23(25,26)27/h4-6,8,10-13,18,20,28H,2-3,7,9H2,1H3,(H,31,33)/t18-,20-/m0/s1. The Morgan fingerprint density at radius 2 is 2.09 bits per heavy atom. The zero-order chi connectivity index (χ0) is 23.6. The van der Waals surface area contributed by atoms with E-state index in [4.69, 9.17) is 11.6 Å². The van der Waals surface area contributed by atoms with Crippen LogP contribution in [0.3, 0.4) is 0 Å². The van der Waals surface area contributed by atoms with Crippen LogP contribution in [-0.2, 0) is 13.2 Å². The van der Waals surface area contributed by atoms with Crippen molar-refractivity contribution in [2.45, 2.75) is 37.5 Å². The van der Waals surface area contributed by atoms with Gasteiger partial charge in [0.15, 0.2) is 0 Å². The van der Waals surface area contributed by atoms with Gasteiger partial charge in [-0.25, -0.2) is 4.98 Å². The minimum absolute atomic E-state index is 0.0866. The summed E-state index contributed by atoms with van der Waals surface area (Å²) in [4.78, 5) is 16.9. The topological polar surface area (TPSA) is 71.8 Å². The predicted octanol–water partition coefficient (Wildman–Crippen LogP) is 4.77. The van der Waals surface area contributed by atoms with Gasteiger partial charge in [-0.15, -0.1) is 0 Å². The number of piperidine rings is 1. The minimum atomic E-state index is -4.68. The van der Waals surface area contributed by atoms with Gasteiger partial charge in [0, 0.05) is 31.0 Å². The number of nitrogens with zero attached hydrogens (tertiary/aromatic N) is 3. The second-order valence-electron chi connectivity index (χ2n) is 8.05. The molecule has 1 fully saturated rings. The third kappa shape index (κ3) is 5.20. The van der Waals surface area contributed by atoms with Crippen LogP contribution in [0.2, 0.25) is 5.02 Å². The van der Waals surface area contributed by atoms with Crippen LogP contribution in [0.4, 0.5) is 13.2 Å². The van der Waals surface area contributed by atoms with Crippen molar-refractivity contribution in [3.8, 4) is 11.1 Å². The first kappa shape index (κ1) is 23.3. The maximum atomic E-state index is 13.3. The fourth-order valence-corrected chi connectivity index (χ4v) is 4.40. The third-order valence-electron chi connectivity index (χ3n) is 5.73. The smallest absolute Gasteiger partial charge is 0.342 e. The summed E-state index contributed by atoms with van der Waals surface area (Å²) in [6, 6.07) is 7.87. The molecule has 1 saturated heterocycles. The highest BCUT2D eigenvalue weighted by Gasteiger charge is 2.36. The number of carbonyl (C=O) groups excluding carboxylic acids is 1. The molecule has 3 heterocycles. The van der Waals surface area contributed by atoms with Crippen molar-refractivity contribution < 1.29 is 18.0 Å². The Bertz CT molecular complexity index is 1140. The monoisotopic (exact) mass is 477 g/mol. The van der Waals surface area contributed by atoms with Gasteiger partial charge >= 0.3 is 6.18 Å². The van der Waals surface area contributed by atoms with Crippen molar-refractivity contribution >= 4 is 17.5 Å². The fourth-order valence-electron chi connectivity index (χ4n) is 4.09. The number of aryl methyl sites for hydroxylation is 1. The average molecular weight is 478 g/mol. The molecule has 0 spiro atoms. The molecule has 33 heavy (non-hydrogen) atoms. The molecule has 2 atom stereocenters. The SMILES string of the molecule is Cn1cc(-c2cccc([C@H](NC(=O)c3nccc(C(F)(F)F)c3Cl)[C@@H]3CCCCN3)c2)cn1. The lowest BCUT2D eigenvalue weighted by Gasteiger charge is -2.32. The quantitative estimate of drug-likeness (QED) is 0.555. The van der Waals surface area contributed by atoms with Gasteiger partial charge in [-0.3, -0.25) is 9.48 Å². The van der Waals surface area contributed by atoms with E-state index in [1.165, 1.54) is 0 Å². The number of nitrogens with one attached hydrogen (secondary N) is 2. The number of rotatable bonds is 5. The zero-order valence-electron chi connectivity index (χ0n) is 17.9. The van der Waals surface area contributed by atoms with Crippen LogP contribution in [0, 0.1) is 0 Å². The largest absolute Gasteiger partial charge is 0.417 e. The highest BCUT2D eigenvalue weighted by atomic mass is 35.5. The van der Waals surface area contributed by atoms with Crippen molar-refractivity contribution in [1.82, 2.24) is 25.4 Å². The van der Waals surface area contributed by atoms with Crippen molar-refractivity contribution in [1.29, 1.82) is 0 Å². The molecule has 2 aromatic heterocycles. The number of carbonyl (C=O) groups is 1. The Balaban J connectivity index is 1.67. The van der Waals surface area contributed by atoms with Crippen LogP contribution in [-0.4, -0.2) is 33.3 Å². The molecular formula is C23H23ClF3N5O. The van der Waals surface area contributed by atoms with Gasteiger partial charge < -0.3 is 10.6 Å². The maximum absolute atomic E-state index is 13.3. The molecule has 0 bridgehead atoms. The van der Waals surface area contributed by atoms with Crippen molar-refractivity contribution in [3.63, 3.8) is 0 Å². The number of pyridine rings is 1. The Morgan fingerprint density at radius 3 is 2.76 bits per heavy atom. The first-order valence-corrected chi connectivity index (χ1v) is 11.0. The minimum Gasteiger partial charge on any atom is -0.342 e. The lowest BCUT2D eigenvalue weighted by Crippen LogP contribution is -2.46. The highest BCUT2D eigenvalue weighted by molar-refractivity contribution is 6.34. The molecule has 0 radical (unpaired) electrons. The summed E-state index contributed by atoms with van der Waals surface area (Å²) in [5, 5.41) is 9.81. The van der Waals surface area contributed by atoms with Crippen LogP contribution >= 0.6 is 11.6 Å². The van der Waals surface area contributed by atoms with E-state index < -0.39 is 34.4 Å². The van der Waals surface area contributed by atoms with Crippen LogP contribution in [0.5, 0.6) is 0 Å². The average Bonchev–Trinajstić information content (AvgIpc) is 3.23. The second kappa shape index (κ2) is 9.52. The summed E-state index contributed by atoms with van der Waals surface area (Å²) in [7, 11) is 1.83. The Hall–Kier alpha value is -2.91. The lowest BCUT2D eigenvalue weighted by atomic mass is 9.91. The summed E-state index contributed by atoms with van der Waals surface area (Å²) in [6.45, 7) is 0.794. The molecule has 6 nitrogen and oxygen atoms in total. The predicted molar refractivity (Wildman–Crippen MR) is 119 cm³/mol. The van der Waals surface area contributed by atoms with Crippen LogP contribution in [0.15, 0.2) is 48.9 Å². The number of benzene rings is 1. The van der Waals surface area contributed by atoms with E-state index in [1.807, 2.05) is 37.5 Å². The van der Waals surface area contributed by atoms with Crippen molar-refractivity contribution in [2.24, 2.45) is 7.05 Å². The molecule has 0 saturated carbocycles. The first-order valence-electron chi connectivity index (χ1n) is 10.6. The maximum Gasteiger partial charge on any atom is 0.417 e. The molecular weight excluding hydrogens is 455 g/mol. The number of halogens is 4. The van der Waals surface area contributed by atoms with E-state index in [0.29, 0.717) is 0 Å². The summed E-state index contributed by atoms with van der Waals surface area (Å²) in [6.07, 6.45) is 2.71. The fraction of sp³-hybridized carbons (Fsp3) is 0.348. The molecule has 1 amide bonds. The van der Waals surface area contributed by atoms with E-state index in [0.717, 1.165) is 54.8 Å². The molecule has 2 N–H and O–H groups in total. The Labute approximate surface area is 194 Å². The van der Waals surface area contributed by atoms with E-state index in [1.54, 1.807) is 10.9 Å². The molecule has 1 aromatic carbocycles. The van der Waals surface area contributed by atoms with E-state index in [9.17, 15) is 18.0 Å². The van der Waals surface area contributed by atoms with Gasteiger partial charge in [-0.05, 0) is 42.6 Å². The summed E-state index contributed by atoms with van der Waals surface area (Å²) < 4.78 is 41.5. The lowest BCUT2D eigenvalue weighted by molar-refractivity contribution is -0.137. The molecule has 3 aromatic rings. The Morgan fingerprint density at radius 1 is 1.27 bits per heavy atom. The van der Waals surface area contributed by atoms with Gasteiger partial charge in [-0.1, -0.05) is 36.2 Å². The molecule has 0 unspecified atom stereocenters. The normalized spacial score (nSPS) is 17.5. The molecule has 0 aliphatic carbocycles. The number of alkyl halides is 3. The van der Waals surface area contributed by atoms with Crippen molar-refractivity contribution in [2.75, 3.05) is 6.54 Å². The summed E-state index contributed by atoms with van der Waals surface area (Å²) in [5.74, 6) is -0.754. The van der Waals surface area contributed by atoms with Crippen LogP contribution < -0.4 is 10.6 Å². The molecule has 10 heteroatoms. The number of hydrogen-bond acceptors (Lipinski definition) is 4. The Kier molecular flexibility index (Phi) is 6.71. The molecule has 1 aliphatic rings. The van der Waals surface area contributed by atoms with Crippen LogP contribution in [0.1, 0.15) is 46.9 Å². The van der Waals surface area contributed by atoms with Gasteiger partial charge in [0.05, 0.1) is 22.8 Å². The number of amides is 1. The molecule has 1 aliphatic heterocycles. The summed E-state index contributed by atoms with van der Waals surface area (Å²) in [5.41, 5.74) is 1.13. The number of aromatic nitrogens is 3. The van der Waals surface area contributed by atoms with E-state index in [2.05, 4.69) is 20.7 Å². The van der Waals surface area contributed by atoms with E-state index >= 15 is 0 Å². The van der Waals surface area contributed by atoms with Crippen LogP contribution in [0.25, 0.3) is 11.1 Å². The van der Waals surface area contributed by atoms with Crippen molar-refractivity contribution in [3.05, 3.63) is 70.8 Å². The van der Waals surface area contributed by atoms with E-state index in [-0.39, 0.29) is 6.04 Å². The first-order chi connectivity index (χ1) is 15.7. The highest BCUT2D eigenvalue weighted by Crippen LogP contribution is 2.36.